The van der Waals surface area contributed by atoms with Crippen LogP contribution in [0.3, 0.4) is 0 Å². The fraction of sp³-hybridized carbons (Fsp3) is 0.261. The largest absolute Gasteiger partial charge is 0.368 e. The number of carbonyl (C=O) groups excluding carboxylic acids is 2. The second-order valence-electron chi connectivity index (χ2n) is 7.75. The second-order valence-corrected chi connectivity index (χ2v) is 8.47. The van der Waals surface area contributed by atoms with Gasteiger partial charge in [-0.05, 0) is 35.4 Å². The van der Waals surface area contributed by atoms with Crippen molar-refractivity contribution in [3.8, 4) is 0 Å². The lowest BCUT2D eigenvalue weighted by Crippen LogP contribution is -2.48. The number of amides is 3. The maximum absolute atomic E-state index is 12.6. The minimum absolute atomic E-state index is 0.00280. The summed E-state index contributed by atoms with van der Waals surface area (Å²) in [6.45, 7) is 4.17. The Morgan fingerprint density at radius 2 is 1.55 bits per heavy atom. The van der Waals surface area contributed by atoms with E-state index in [1.54, 1.807) is 10.9 Å². The molecular weight excluding hydrogens is 410 g/mol. The lowest BCUT2D eigenvalue weighted by Gasteiger charge is -2.35. The van der Waals surface area contributed by atoms with E-state index in [1.807, 2.05) is 46.2 Å². The van der Waals surface area contributed by atoms with Gasteiger partial charge in [0.2, 0.25) is 0 Å². The summed E-state index contributed by atoms with van der Waals surface area (Å²) in [5, 5.41) is 4.79. The molecule has 5 rings (SSSR count). The second kappa shape index (κ2) is 8.39. The average Bonchev–Trinajstić information content (AvgIpc) is 3.49. The van der Waals surface area contributed by atoms with E-state index in [9.17, 15) is 9.59 Å². The Hall–Kier alpha value is -3.39. The Balaban J connectivity index is 1.15. The number of thiazole rings is 1. The standard InChI is InChI=1S/C23H23N5O2S/c29-22(21-15-31-16-24-21)27-11-9-26(10-12-27)20-7-5-19(6-8-20)25-23(30)28-13-17-3-1-2-4-18(17)14-28/h1-8,15-16H,9-14H2,(H,25,30). The zero-order valence-corrected chi connectivity index (χ0v) is 17.8. The predicted molar refractivity (Wildman–Crippen MR) is 121 cm³/mol. The van der Waals surface area contributed by atoms with Crippen LogP contribution in [-0.2, 0) is 13.1 Å². The Labute approximate surface area is 184 Å². The predicted octanol–water partition coefficient (Wildman–Crippen LogP) is 3.65. The van der Waals surface area contributed by atoms with Crippen molar-refractivity contribution in [1.29, 1.82) is 0 Å². The fourth-order valence-electron chi connectivity index (χ4n) is 4.08. The summed E-state index contributed by atoms with van der Waals surface area (Å²) in [6, 6.07) is 16.0. The maximum Gasteiger partial charge on any atom is 0.322 e. The van der Waals surface area contributed by atoms with E-state index in [4.69, 9.17) is 0 Å². The molecule has 1 fully saturated rings. The Bertz CT molecular complexity index is 1050. The topological polar surface area (TPSA) is 68.8 Å². The van der Waals surface area contributed by atoms with E-state index in [0.717, 1.165) is 24.5 Å². The van der Waals surface area contributed by atoms with Crippen LogP contribution >= 0.6 is 11.3 Å². The van der Waals surface area contributed by atoms with E-state index in [2.05, 4.69) is 27.3 Å². The van der Waals surface area contributed by atoms with Crippen LogP contribution in [-0.4, -0.2) is 52.9 Å². The summed E-state index contributed by atoms with van der Waals surface area (Å²) >= 11 is 1.44. The highest BCUT2D eigenvalue weighted by Crippen LogP contribution is 2.24. The summed E-state index contributed by atoms with van der Waals surface area (Å²) in [4.78, 5) is 35.1. The third-order valence-corrected chi connectivity index (χ3v) is 6.42. The van der Waals surface area contributed by atoms with Crippen LogP contribution in [0.15, 0.2) is 59.4 Å². The van der Waals surface area contributed by atoms with Gasteiger partial charge in [-0.25, -0.2) is 9.78 Å². The number of rotatable bonds is 3. The van der Waals surface area contributed by atoms with Crippen LogP contribution in [0, 0.1) is 0 Å². The number of aromatic nitrogens is 1. The van der Waals surface area contributed by atoms with Crippen molar-refractivity contribution in [1.82, 2.24) is 14.8 Å². The Morgan fingerprint density at radius 3 is 2.16 bits per heavy atom. The molecule has 0 atom stereocenters. The molecule has 1 N–H and O–H groups in total. The Morgan fingerprint density at radius 1 is 0.871 bits per heavy atom. The minimum atomic E-state index is -0.0851. The smallest absolute Gasteiger partial charge is 0.322 e. The third-order valence-electron chi connectivity index (χ3n) is 5.83. The fourth-order valence-corrected chi connectivity index (χ4v) is 4.61. The van der Waals surface area contributed by atoms with Crippen LogP contribution in [0.25, 0.3) is 0 Å². The van der Waals surface area contributed by atoms with Crippen molar-refractivity contribution in [3.63, 3.8) is 0 Å². The van der Waals surface area contributed by atoms with Crippen molar-refractivity contribution in [2.45, 2.75) is 13.1 Å². The molecule has 0 saturated carbocycles. The van der Waals surface area contributed by atoms with Crippen molar-refractivity contribution >= 4 is 34.6 Å². The van der Waals surface area contributed by atoms with Crippen molar-refractivity contribution < 1.29 is 9.59 Å². The van der Waals surface area contributed by atoms with Gasteiger partial charge >= 0.3 is 6.03 Å². The molecule has 2 aliphatic rings. The van der Waals surface area contributed by atoms with Gasteiger partial charge in [0, 0.05) is 56.0 Å². The number of hydrogen-bond donors (Lipinski definition) is 1. The molecular formula is C23H23N5O2S. The zero-order chi connectivity index (χ0) is 21.2. The van der Waals surface area contributed by atoms with Gasteiger partial charge in [-0.1, -0.05) is 24.3 Å². The first kappa shape index (κ1) is 19.6. The van der Waals surface area contributed by atoms with Crippen molar-refractivity contribution in [2.75, 3.05) is 36.4 Å². The molecule has 7 nitrogen and oxygen atoms in total. The first-order valence-corrected chi connectivity index (χ1v) is 11.3. The molecule has 8 heteroatoms. The van der Waals surface area contributed by atoms with Crippen LogP contribution in [0.4, 0.5) is 16.2 Å². The molecule has 2 aliphatic heterocycles. The summed E-state index contributed by atoms with van der Waals surface area (Å²) in [5.74, 6) is 0.00280. The molecule has 158 valence electrons. The summed E-state index contributed by atoms with van der Waals surface area (Å²) < 4.78 is 0. The van der Waals surface area contributed by atoms with Crippen LogP contribution in [0.1, 0.15) is 21.6 Å². The monoisotopic (exact) mass is 433 g/mol. The van der Waals surface area contributed by atoms with E-state index >= 15 is 0 Å². The number of nitrogens with zero attached hydrogens (tertiary/aromatic N) is 4. The first-order chi connectivity index (χ1) is 15.2. The van der Waals surface area contributed by atoms with Crippen LogP contribution in [0.5, 0.6) is 0 Å². The molecule has 3 aromatic rings. The van der Waals surface area contributed by atoms with Gasteiger partial charge in [-0.3, -0.25) is 4.79 Å². The van der Waals surface area contributed by atoms with Crippen LogP contribution in [0.2, 0.25) is 0 Å². The number of benzene rings is 2. The van der Waals surface area contributed by atoms with E-state index < -0.39 is 0 Å². The lowest BCUT2D eigenvalue weighted by molar-refractivity contribution is 0.0741. The van der Waals surface area contributed by atoms with Crippen molar-refractivity contribution in [2.24, 2.45) is 0 Å². The average molecular weight is 434 g/mol. The van der Waals surface area contributed by atoms with Crippen molar-refractivity contribution in [3.05, 3.63) is 76.2 Å². The van der Waals surface area contributed by atoms with Gasteiger partial charge in [0.05, 0.1) is 5.51 Å². The lowest BCUT2D eigenvalue weighted by atomic mass is 10.1. The number of nitrogens with one attached hydrogen (secondary N) is 1. The van der Waals surface area contributed by atoms with E-state index in [1.165, 1.54) is 22.5 Å². The first-order valence-electron chi connectivity index (χ1n) is 10.3. The highest BCUT2D eigenvalue weighted by molar-refractivity contribution is 7.07. The van der Waals surface area contributed by atoms with Gasteiger partial charge in [0.25, 0.3) is 5.91 Å². The quantitative estimate of drug-likeness (QED) is 0.685. The summed E-state index contributed by atoms with van der Waals surface area (Å²) in [6.07, 6.45) is 0. The normalized spacial score (nSPS) is 15.7. The molecule has 3 heterocycles. The van der Waals surface area contributed by atoms with Gasteiger partial charge in [0.15, 0.2) is 0 Å². The number of fused-ring (bicyclic) bond motifs is 1. The summed E-state index contributed by atoms with van der Waals surface area (Å²) in [5.41, 5.74) is 6.50. The van der Waals surface area contributed by atoms with Gasteiger partial charge < -0.3 is 20.0 Å². The van der Waals surface area contributed by atoms with Gasteiger partial charge in [-0.15, -0.1) is 11.3 Å². The molecule has 31 heavy (non-hydrogen) atoms. The number of anilines is 2. The molecule has 3 amide bonds. The zero-order valence-electron chi connectivity index (χ0n) is 17.0. The summed E-state index contributed by atoms with van der Waals surface area (Å²) in [7, 11) is 0. The van der Waals surface area contributed by atoms with Crippen LogP contribution < -0.4 is 10.2 Å². The van der Waals surface area contributed by atoms with Gasteiger partial charge in [0.1, 0.15) is 5.69 Å². The number of carbonyl (C=O) groups is 2. The number of piperazine rings is 1. The molecule has 0 radical (unpaired) electrons. The highest BCUT2D eigenvalue weighted by atomic mass is 32.1. The SMILES string of the molecule is O=C(Nc1ccc(N2CCN(C(=O)c3cscn3)CC2)cc1)N1Cc2ccccc2C1. The van der Waals surface area contributed by atoms with Gasteiger partial charge in [-0.2, -0.15) is 0 Å². The Kier molecular flexibility index (Phi) is 5.30. The molecule has 0 unspecified atom stereocenters. The highest BCUT2D eigenvalue weighted by Gasteiger charge is 2.24. The minimum Gasteiger partial charge on any atom is -0.368 e. The molecule has 2 aromatic carbocycles. The number of hydrogen-bond acceptors (Lipinski definition) is 5. The van der Waals surface area contributed by atoms with E-state index in [-0.39, 0.29) is 11.9 Å². The molecule has 0 aliphatic carbocycles. The molecule has 1 aromatic heterocycles. The molecule has 0 spiro atoms. The molecule has 1 saturated heterocycles. The molecule has 0 bridgehead atoms. The number of urea groups is 1. The van der Waals surface area contributed by atoms with E-state index in [0.29, 0.717) is 31.9 Å². The maximum atomic E-state index is 12.6. The third kappa shape index (κ3) is 4.11.